The Morgan fingerprint density at radius 2 is 2.10 bits per heavy atom. The van der Waals surface area contributed by atoms with Crippen LogP contribution in [0.5, 0.6) is 0 Å². The van der Waals surface area contributed by atoms with Crippen LogP contribution in [0.4, 0.5) is 14.5 Å². The summed E-state index contributed by atoms with van der Waals surface area (Å²) in [6.45, 7) is 1.71. The number of rotatable bonds is 4. The molecule has 1 aromatic carbocycles. The number of nitrogens with zero attached hydrogens (tertiary/aromatic N) is 1. The maximum atomic E-state index is 13.7. The molecule has 0 saturated heterocycles. The van der Waals surface area contributed by atoms with Crippen LogP contribution < -0.4 is 10.5 Å². The molecule has 0 aliphatic rings. The molecule has 0 amide bonds. The molecule has 0 atom stereocenters. The summed E-state index contributed by atoms with van der Waals surface area (Å²) in [6.07, 6.45) is 0. The van der Waals surface area contributed by atoms with Crippen molar-refractivity contribution in [2.45, 2.75) is 18.4 Å². The highest BCUT2D eigenvalue weighted by molar-refractivity contribution is 7.89. The molecule has 0 fully saturated rings. The largest absolute Gasteiger partial charge is 0.394 e. The van der Waals surface area contributed by atoms with E-state index in [0.29, 0.717) is 10.6 Å². The summed E-state index contributed by atoms with van der Waals surface area (Å²) < 4.78 is 52.9. The fourth-order valence-corrected chi connectivity index (χ4v) is 3.38. The quantitative estimate of drug-likeness (QED) is 0.841. The van der Waals surface area contributed by atoms with Crippen molar-refractivity contribution in [2.75, 3.05) is 5.73 Å². The lowest BCUT2D eigenvalue weighted by molar-refractivity contribution is 0.548. The molecule has 0 unspecified atom stereocenters. The normalized spacial score (nSPS) is 11.8. The van der Waals surface area contributed by atoms with E-state index in [1.807, 2.05) is 0 Å². The molecule has 0 aliphatic heterocycles. The van der Waals surface area contributed by atoms with Gasteiger partial charge in [-0.1, -0.05) is 0 Å². The molecule has 0 bridgehead atoms. The third-order valence-electron chi connectivity index (χ3n) is 2.65. The minimum Gasteiger partial charge on any atom is -0.394 e. The first-order chi connectivity index (χ1) is 9.33. The molecule has 0 aliphatic carbocycles. The van der Waals surface area contributed by atoms with Gasteiger partial charge in [0.15, 0.2) is 5.82 Å². The molecule has 5 nitrogen and oxygen atoms in total. The molecule has 0 saturated carbocycles. The average molecular weight is 319 g/mol. The van der Waals surface area contributed by atoms with Crippen molar-refractivity contribution in [2.24, 2.45) is 0 Å². The van der Waals surface area contributed by atoms with Gasteiger partial charge < -0.3 is 5.73 Å². The maximum absolute atomic E-state index is 13.7. The third kappa shape index (κ3) is 2.79. The smallest absolute Gasteiger partial charge is 0.243 e. The Hall–Kier alpha value is -1.58. The van der Waals surface area contributed by atoms with E-state index < -0.39 is 32.2 Å². The number of anilines is 1. The molecule has 1 aromatic heterocycles. The Morgan fingerprint density at radius 1 is 1.40 bits per heavy atom. The van der Waals surface area contributed by atoms with Gasteiger partial charge in [0, 0.05) is 11.4 Å². The van der Waals surface area contributed by atoms with Crippen LogP contribution in [-0.4, -0.2) is 13.4 Å². The van der Waals surface area contributed by atoms with Crippen molar-refractivity contribution in [1.29, 1.82) is 0 Å². The lowest BCUT2D eigenvalue weighted by atomic mass is 10.3. The van der Waals surface area contributed by atoms with Crippen LogP contribution in [0.2, 0.25) is 0 Å². The van der Waals surface area contributed by atoms with E-state index in [0.717, 1.165) is 12.1 Å². The fraction of sp³-hybridized carbons (Fsp3) is 0.182. The van der Waals surface area contributed by atoms with E-state index in [4.69, 9.17) is 5.73 Å². The summed E-state index contributed by atoms with van der Waals surface area (Å²) >= 11 is 1.28. The highest BCUT2D eigenvalue weighted by atomic mass is 32.2. The molecular weight excluding hydrogens is 308 g/mol. The SMILES string of the molecule is Cc1ncsc1CNS(=O)(=O)c1ccc(F)c(N)c1F. The molecule has 20 heavy (non-hydrogen) atoms. The number of nitrogen functional groups attached to an aromatic ring is 1. The molecule has 2 aromatic rings. The molecule has 108 valence electrons. The highest BCUT2D eigenvalue weighted by Gasteiger charge is 2.22. The summed E-state index contributed by atoms with van der Waals surface area (Å²) in [5.74, 6) is -2.29. The predicted molar refractivity (Wildman–Crippen MR) is 71.6 cm³/mol. The molecule has 9 heteroatoms. The molecule has 1 heterocycles. The zero-order valence-electron chi connectivity index (χ0n) is 10.4. The lowest BCUT2D eigenvalue weighted by Crippen LogP contribution is -2.24. The summed E-state index contributed by atoms with van der Waals surface area (Å²) in [5.41, 5.74) is 6.60. The van der Waals surface area contributed by atoms with Gasteiger partial charge in [0.25, 0.3) is 0 Å². The molecule has 3 N–H and O–H groups in total. The minimum absolute atomic E-state index is 0.0183. The number of hydrogen-bond donors (Lipinski definition) is 2. The second kappa shape index (κ2) is 5.43. The number of aromatic nitrogens is 1. The number of halogens is 2. The third-order valence-corrected chi connectivity index (χ3v) is 5.00. The van der Waals surface area contributed by atoms with Crippen molar-refractivity contribution in [1.82, 2.24) is 9.71 Å². The number of benzene rings is 1. The number of hydrogen-bond acceptors (Lipinski definition) is 5. The van der Waals surface area contributed by atoms with E-state index >= 15 is 0 Å². The summed E-state index contributed by atoms with van der Waals surface area (Å²) in [5, 5.41) is 0. The van der Waals surface area contributed by atoms with Gasteiger partial charge in [-0.2, -0.15) is 0 Å². The van der Waals surface area contributed by atoms with Crippen molar-refractivity contribution < 1.29 is 17.2 Å². The Bertz CT molecular complexity index is 744. The van der Waals surface area contributed by atoms with Crippen molar-refractivity contribution in [3.05, 3.63) is 39.8 Å². The van der Waals surface area contributed by atoms with Crippen molar-refractivity contribution >= 4 is 27.0 Å². The monoisotopic (exact) mass is 319 g/mol. The second-order valence-electron chi connectivity index (χ2n) is 3.96. The van der Waals surface area contributed by atoms with Crippen molar-refractivity contribution in [3.63, 3.8) is 0 Å². The van der Waals surface area contributed by atoms with Crippen LogP contribution in [-0.2, 0) is 16.6 Å². The van der Waals surface area contributed by atoms with Gasteiger partial charge in [0.2, 0.25) is 10.0 Å². The number of thiazole rings is 1. The Morgan fingerprint density at radius 3 is 2.70 bits per heavy atom. The van der Waals surface area contributed by atoms with Gasteiger partial charge in [0.1, 0.15) is 16.4 Å². The number of aryl methyl sites for hydroxylation is 1. The Kier molecular flexibility index (Phi) is 4.02. The average Bonchev–Trinajstić information content (AvgIpc) is 2.79. The first kappa shape index (κ1) is 14.8. The molecular formula is C11H11F2N3O2S2. The number of nitrogens with one attached hydrogen (secondary N) is 1. The van der Waals surface area contributed by atoms with Gasteiger partial charge in [0.05, 0.1) is 11.2 Å². The van der Waals surface area contributed by atoms with Gasteiger partial charge in [-0.15, -0.1) is 11.3 Å². The van der Waals surface area contributed by atoms with E-state index in [1.54, 1.807) is 12.4 Å². The fourth-order valence-electron chi connectivity index (χ4n) is 1.49. The molecule has 0 spiro atoms. The lowest BCUT2D eigenvalue weighted by Gasteiger charge is -2.09. The first-order valence-corrected chi connectivity index (χ1v) is 7.81. The Labute approximate surface area is 118 Å². The van der Waals surface area contributed by atoms with Crippen LogP contribution in [0.25, 0.3) is 0 Å². The van der Waals surface area contributed by atoms with Gasteiger partial charge >= 0.3 is 0 Å². The van der Waals surface area contributed by atoms with Gasteiger partial charge in [-0.25, -0.2) is 26.9 Å². The van der Waals surface area contributed by atoms with Gasteiger partial charge in [-0.3, -0.25) is 0 Å². The second-order valence-corrected chi connectivity index (χ2v) is 6.63. The summed E-state index contributed by atoms with van der Waals surface area (Å²) in [7, 11) is -4.12. The standard InChI is InChI=1S/C11H11F2N3O2S2/c1-6-8(19-5-15-6)4-16-20(17,18)9-3-2-7(12)11(14)10(9)13/h2-3,5,16H,4,14H2,1H3. The first-order valence-electron chi connectivity index (χ1n) is 5.45. The van der Waals surface area contributed by atoms with E-state index in [2.05, 4.69) is 9.71 Å². The summed E-state index contributed by atoms with van der Waals surface area (Å²) in [4.78, 5) is 4.00. The van der Waals surface area contributed by atoms with E-state index in [-0.39, 0.29) is 6.54 Å². The zero-order chi connectivity index (χ0) is 14.9. The van der Waals surface area contributed by atoms with Crippen molar-refractivity contribution in [3.8, 4) is 0 Å². The predicted octanol–water partition coefficient (Wildman–Crippen LogP) is 1.79. The highest BCUT2D eigenvalue weighted by Crippen LogP contribution is 2.23. The number of sulfonamides is 1. The Balaban J connectivity index is 2.27. The maximum Gasteiger partial charge on any atom is 0.243 e. The topological polar surface area (TPSA) is 85.1 Å². The van der Waals surface area contributed by atoms with Crippen LogP contribution in [0, 0.1) is 18.6 Å². The van der Waals surface area contributed by atoms with Crippen LogP contribution >= 0.6 is 11.3 Å². The number of nitrogens with two attached hydrogens (primary N) is 1. The van der Waals surface area contributed by atoms with Crippen LogP contribution in [0.15, 0.2) is 22.5 Å². The van der Waals surface area contributed by atoms with Gasteiger partial charge in [-0.05, 0) is 19.1 Å². The van der Waals surface area contributed by atoms with E-state index in [1.165, 1.54) is 11.3 Å². The minimum atomic E-state index is -4.12. The van der Waals surface area contributed by atoms with Crippen LogP contribution in [0.3, 0.4) is 0 Å². The molecule has 0 radical (unpaired) electrons. The van der Waals surface area contributed by atoms with E-state index in [9.17, 15) is 17.2 Å². The van der Waals surface area contributed by atoms with Crippen LogP contribution in [0.1, 0.15) is 10.6 Å². The zero-order valence-corrected chi connectivity index (χ0v) is 12.0. The summed E-state index contributed by atoms with van der Waals surface area (Å²) in [6, 6.07) is 1.65. The molecule has 2 rings (SSSR count).